The molecule has 0 amide bonds. The molecule has 5 saturated carbocycles. The molecule has 0 saturated heterocycles. The Morgan fingerprint density at radius 1 is 0.923 bits per heavy atom. The molecule has 0 radical (unpaired) electrons. The van der Waals surface area contributed by atoms with Crippen molar-refractivity contribution in [2.75, 3.05) is 0 Å². The minimum atomic E-state index is -1.14. The van der Waals surface area contributed by atoms with E-state index in [-0.39, 0.29) is 40.8 Å². The lowest BCUT2D eigenvalue weighted by Gasteiger charge is -2.72. The number of carboxylic acids is 2. The minimum absolute atomic E-state index is 0.0172. The van der Waals surface area contributed by atoms with Crippen LogP contribution in [0.5, 0.6) is 0 Å². The standard InChI is InChI=1S/C32H46O7/c1-17(2)19-10-13-31(26(35)36)14-15-32(27(37)38)20(24(19)31)8-9-22-29(6)12-11-23(34)28(4,5)25(29)21(39-18(3)33)16-30(22,32)7/h19-22,24-25H,1,8-16H2,2-7H3,(H,35,36)(H,37,38)/t19-,20+,21-,22+,24+,25-,29+,30+,31-,32+/m0/s1. The third-order valence-electron chi connectivity index (χ3n) is 13.2. The highest BCUT2D eigenvalue weighted by Gasteiger charge is 2.77. The molecule has 5 fully saturated rings. The van der Waals surface area contributed by atoms with Gasteiger partial charge in [0.15, 0.2) is 0 Å². The molecule has 10 atom stereocenters. The summed E-state index contributed by atoms with van der Waals surface area (Å²) in [4.78, 5) is 52.3. The lowest BCUT2D eigenvalue weighted by atomic mass is 9.31. The van der Waals surface area contributed by atoms with Crippen LogP contribution in [0.1, 0.15) is 99.3 Å². The molecule has 0 aromatic rings. The highest BCUT2D eigenvalue weighted by molar-refractivity contribution is 5.86. The van der Waals surface area contributed by atoms with Gasteiger partial charge in [-0.1, -0.05) is 39.8 Å². The molecule has 5 aliphatic rings. The summed E-state index contributed by atoms with van der Waals surface area (Å²) in [5.74, 6) is -2.68. The zero-order valence-corrected chi connectivity index (χ0v) is 24.5. The number of fused-ring (bicyclic) bond motifs is 7. The predicted octanol–water partition coefficient (Wildman–Crippen LogP) is 5.90. The Bertz CT molecular complexity index is 1140. The van der Waals surface area contributed by atoms with E-state index >= 15 is 0 Å². The molecular weight excluding hydrogens is 496 g/mol. The highest BCUT2D eigenvalue weighted by Crippen LogP contribution is 2.77. The number of ether oxygens (including phenoxy) is 1. The van der Waals surface area contributed by atoms with Crippen molar-refractivity contribution in [2.24, 2.45) is 56.7 Å². The van der Waals surface area contributed by atoms with E-state index in [2.05, 4.69) is 20.4 Å². The summed E-state index contributed by atoms with van der Waals surface area (Å²) in [6, 6.07) is 0. The van der Waals surface area contributed by atoms with Gasteiger partial charge in [-0.3, -0.25) is 19.2 Å². The first-order valence-electron chi connectivity index (χ1n) is 14.8. The quantitative estimate of drug-likeness (QED) is 0.335. The second-order valence-corrected chi connectivity index (χ2v) is 14.9. The maximum absolute atomic E-state index is 13.8. The van der Waals surface area contributed by atoms with Crippen LogP contribution in [-0.2, 0) is 23.9 Å². The largest absolute Gasteiger partial charge is 0.481 e. The number of Topliss-reactive ketones (excluding diaryl/α,β-unsaturated/α-hetero) is 1. The lowest BCUT2D eigenvalue weighted by molar-refractivity contribution is -0.266. The summed E-state index contributed by atoms with van der Waals surface area (Å²) >= 11 is 0. The maximum Gasteiger partial charge on any atom is 0.310 e. The third-order valence-corrected chi connectivity index (χ3v) is 13.2. The third kappa shape index (κ3) is 3.40. The summed E-state index contributed by atoms with van der Waals surface area (Å²) in [7, 11) is 0. The Morgan fingerprint density at radius 2 is 1.59 bits per heavy atom. The van der Waals surface area contributed by atoms with Gasteiger partial charge in [-0.15, -0.1) is 0 Å². The molecule has 5 aliphatic carbocycles. The Hall–Kier alpha value is -2.18. The zero-order valence-electron chi connectivity index (χ0n) is 24.5. The van der Waals surface area contributed by atoms with Gasteiger partial charge in [-0.05, 0) is 92.8 Å². The molecule has 216 valence electrons. The van der Waals surface area contributed by atoms with Crippen LogP contribution in [0.2, 0.25) is 0 Å². The number of hydrogen-bond acceptors (Lipinski definition) is 5. The molecule has 39 heavy (non-hydrogen) atoms. The Balaban J connectivity index is 1.70. The number of aliphatic carboxylic acids is 2. The molecule has 0 spiro atoms. The number of allylic oxidation sites excluding steroid dienone is 1. The van der Waals surface area contributed by atoms with Crippen molar-refractivity contribution >= 4 is 23.7 Å². The average molecular weight is 543 g/mol. The monoisotopic (exact) mass is 542 g/mol. The highest BCUT2D eigenvalue weighted by atomic mass is 16.5. The van der Waals surface area contributed by atoms with E-state index < -0.39 is 45.7 Å². The van der Waals surface area contributed by atoms with Gasteiger partial charge in [-0.25, -0.2) is 0 Å². The van der Waals surface area contributed by atoms with Crippen LogP contribution < -0.4 is 0 Å². The number of carboxylic acid groups (broad SMARTS) is 2. The number of rotatable bonds is 4. The van der Waals surface area contributed by atoms with Crippen LogP contribution in [0.4, 0.5) is 0 Å². The SMILES string of the molecule is C=C(C)[C@@H]1CC[C@]2(C(=O)O)CC[C@]3(C(=O)O)[C@H](CC[C@@H]4[C@@]5(C)CCC(=O)C(C)(C)[C@@H]5[C@@H](OC(C)=O)C[C@]43C)[C@@H]12. The van der Waals surface area contributed by atoms with Gasteiger partial charge in [0.2, 0.25) is 0 Å². The number of ketones is 1. The first kappa shape index (κ1) is 28.4. The van der Waals surface area contributed by atoms with Gasteiger partial charge in [-0.2, -0.15) is 0 Å². The first-order valence-corrected chi connectivity index (χ1v) is 14.8. The van der Waals surface area contributed by atoms with E-state index in [0.29, 0.717) is 44.9 Å². The van der Waals surface area contributed by atoms with Gasteiger partial charge < -0.3 is 14.9 Å². The molecule has 0 aromatic carbocycles. The zero-order chi connectivity index (χ0) is 28.9. The summed E-state index contributed by atoms with van der Waals surface area (Å²) in [6.07, 6.45) is 4.26. The normalized spacial score (nSPS) is 48.1. The van der Waals surface area contributed by atoms with Crippen LogP contribution >= 0.6 is 0 Å². The van der Waals surface area contributed by atoms with Crippen LogP contribution in [0.15, 0.2) is 12.2 Å². The summed E-state index contributed by atoms with van der Waals surface area (Å²) < 4.78 is 6.04. The van der Waals surface area contributed by atoms with Crippen molar-refractivity contribution in [3.63, 3.8) is 0 Å². The van der Waals surface area contributed by atoms with E-state index in [1.807, 2.05) is 20.8 Å². The topological polar surface area (TPSA) is 118 Å². The van der Waals surface area contributed by atoms with Crippen molar-refractivity contribution in [2.45, 2.75) is 105 Å². The Morgan fingerprint density at radius 3 is 2.15 bits per heavy atom. The molecule has 0 bridgehead atoms. The van der Waals surface area contributed by atoms with Crippen molar-refractivity contribution in [3.05, 3.63) is 12.2 Å². The van der Waals surface area contributed by atoms with E-state index in [1.54, 1.807) is 0 Å². The van der Waals surface area contributed by atoms with Crippen LogP contribution in [0.25, 0.3) is 0 Å². The van der Waals surface area contributed by atoms with E-state index in [9.17, 15) is 29.4 Å². The van der Waals surface area contributed by atoms with Crippen molar-refractivity contribution < 1.29 is 34.1 Å². The molecule has 7 nitrogen and oxygen atoms in total. The fraction of sp³-hybridized carbons (Fsp3) is 0.812. The second-order valence-electron chi connectivity index (χ2n) is 14.9. The van der Waals surface area contributed by atoms with Gasteiger partial charge in [0.25, 0.3) is 0 Å². The number of hydrogen-bond donors (Lipinski definition) is 2. The summed E-state index contributed by atoms with van der Waals surface area (Å²) in [5, 5.41) is 21.8. The lowest BCUT2D eigenvalue weighted by Crippen LogP contribution is -2.72. The van der Waals surface area contributed by atoms with Crippen molar-refractivity contribution in [1.29, 1.82) is 0 Å². The Labute approximate surface area is 232 Å². The molecule has 0 unspecified atom stereocenters. The smallest absolute Gasteiger partial charge is 0.310 e. The minimum Gasteiger partial charge on any atom is -0.481 e. The number of esters is 1. The summed E-state index contributed by atoms with van der Waals surface area (Å²) in [6.45, 7) is 15.8. The van der Waals surface area contributed by atoms with Gasteiger partial charge >= 0.3 is 17.9 Å². The number of carbonyl (C=O) groups excluding carboxylic acids is 2. The first-order chi connectivity index (χ1) is 18.0. The van der Waals surface area contributed by atoms with Crippen LogP contribution in [0.3, 0.4) is 0 Å². The summed E-state index contributed by atoms with van der Waals surface area (Å²) in [5.41, 5.74) is -2.93. The molecule has 7 heteroatoms. The number of carbonyl (C=O) groups is 4. The molecular formula is C32H46O7. The van der Waals surface area contributed by atoms with Crippen LogP contribution in [-0.4, -0.2) is 40.0 Å². The predicted molar refractivity (Wildman–Crippen MR) is 145 cm³/mol. The van der Waals surface area contributed by atoms with Crippen molar-refractivity contribution in [3.8, 4) is 0 Å². The van der Waals surface area contributed by atoms with E-state index in [1.165, 1.54) is 6.92 Å². The maximum atomic E-state index is 13.8. The van der Waals surface area contributed by atoms with Gasteiger partial charge in [0.05, 0.1) is 10.8 Å². The molecule has 5 rings (SSSR count). The molecule has 2 N–H and O–H groups in total. The van der Waals surface area contributed by atoms with E-state index in [4.69, 9.17) is 4.74 Å². The van der Waals surface area contributed by atoms with E-state index in [0.717, 1.165) is 18.4 Å². The second kappa shape index (κ2) is 8.66. The Kier molecular flexibility index (Phi) is 6.29. The van der Waals surface area contributed by atoms with Crippen molar-refractivity contribution in [1.82, 2.24) is 0 Å². The fourth-order valence-corrected chi connectivity index (χ4v) is 11.9. The molecule has 0 heterocycles. The van der Waals surface area contributed by atoms with Crippen LogP contribution in [0, 0.1) is 56.7 Å². The fourth-order valence-electron chi connectivity index (χ4n) is 11.9. The average Bonchev–Trinajstić information content (AvgIpc) is 3.22. The van der Waals surface area contributed by atoms with Gasteiger partial charge in [0, 0.05) is 24.7 Å². The van der Waals surface area contributed by atoms with Gasteiger partial charge in [0.1, 0.15) is 11.9 Å². The molecule has 0 aliphatic heterocycles. The molecule has 0 aromatic heterocycles.